The Kier molecular flexibility index (Phi) is 5.59. The van der Waals surface area contributed by atoms with Crippen molar-refractivity contribution in [1.82, 2.24) is 4.90 Å². The Morgan fingerprint density at radius 2 is 2.14 bits per heavy atom. The number of morpholine rings is 1. The SMILES string of the molecule is COc1ccc(CCC(=O)N2CC(CO)OCC2C)cc1. The third kappa shape index (κ3) is 4.19. The molecule has 0 saturated carbocycles. The fraction of sp³-hybridized carbons (Fsp3) is 0.562. The number of ether oxygens (including phenoxy) is 2. The summed E-state index contributed by atoms with van der Waals surface area (Å²) in [6, 6.07) is 7.82. The first-order valence-electron chi connectivity index (χ1n) is 7.29. The number of benzene rings is 1. The van der Waals surface area contributed by atoms with Crippen molar-refractivity contribution >= 4 is 5.91 Å². The molecule has 0 aliphatic carbocycles. The van der Waals surface area contributed by atoms with Gasteiger partial charge >= 0.3 is 0 Å². The molecule has 1 aromatic rings. The van der Waals surface area contributed by atoms with E-state index in [1.165, 1.54) is 0 Å². The Balaban J connectivity index is 1.87. The topological polar surface area (TPSA) is 59.0 Å². The summed E-state index contributed by atoms with van der Waals surface area (Å²) in [6.45, 7) is 2.88. The van der Waals surface area contributed by atoms with Gasteiger partial charge in [0.15, 0.2) is 0 Å². The van der Waals surface area contributed by atoms with Crippen molar-refractivity contribution < 1.29 is 19.4 Å². The van der Waals surface area contributed by atoms with Crippen molar-refractivity contribution in [2.24, 2.45) is 0 Å². The van der Waals surface area contributed by atoms with Crippen LogP contribution in [0.3, 0.4) is 0 Å². The molecule has 2 rings (SSSR count). The quantitative estimate of drug-likeness (QED) is 0.887. The Morgan fingerprint density at radius 3 is 2.76 bits per heavy atom. The molecule has 1 aromatic carbocycles. The minimum atomic E-state index is -0.258. The van der Waals surface area contributed by atoms with Crippen LogP contribution >= 0.6 is 0 Å². The smallest absolute Gasteiger partial charge is 0.223 e. The number of hydrogen-bond donors (Lipinski definition) is 1. The van der Waals surface area contributed by atoms with Gasteiger partial charge in [-0.05, 0) is 31.0 Å². The average molecular weight is 293 g/mol. The zero-order valence-corrected chi connectivity index (χ0v) is 12.6. The lowest BCUT2D eigenvalue weighted by Crippen LogP contribution is -2.52. The van der Waals surface area contributed by atoms with Gasteiger partial charge in [0.25, 0.3) is 0 Å². The molecule has 0 radical (unpaired) electrons. The van der Waals surface area contributed by atoms with Gasteiger partial charge < -0.3 is 19.5 Å². The molecule has 1 fully saturated rings. The largest absolute Gasteiger partial charge is 0.497 e. The lowest BCUT2D eigenvalue weighted by Gasteiger charge is -2.37. The summed E-state index contributed by atoms with van der Waals surface area (Å²) in [7, 11) is 1.63. The average Bonchev–Trinajstić information content (AvgIpc) is 2.53. The van der Waals surface area contributed by atoms with E-state index in [1.54, 1.807) is 7.11 Å². The van der Waals surface area contributed by atoms with Gasteiger partial charge in [-0.1, -0.05) is 12.1 Å². The molecule has 116 valence electrons. The number of aliphatic hydroxyl groups excluding tert-OH is 1. The highest BCUT2D eigenvalue weighted by atomic mass is 16.5. The molecule has 1 heterocycles. The third-order valence-corrected chi connectivity index (χ3v) is 3.82. The number of methoxy groups -OCH3 is 1. The minimum Gasteiger partial charge on any atom is -0.497 e. The fourth-order valence-electron chi connectivity index (χ4n) is 2.46. The molecular weight excluding hydrogens is 270 g/mol. The predicted molar refractivity (Wildman–Crippen MR) is 79.3 cm³/mol. The molecule has 0 bridgehead atoms. The number of rotatable bonds is 5. The monoisotopic (exact) mass is 293 g/mol. The number of carbonyl (C=O) groups excluding carboxylic acids is 1. The molecular formula is C16H23NO4. The van der Waals surface area contributed by atoms with Crippen LogP contribution in [0.4, 0.5) is 0 Å². The second kappa shape index (κ2) is 7.43. The highest BCUT2D eigenvalue weighted by Gasteiger charge is 2.28. The Bertz CT molecular complexity index is 460. The van der Waals surface area contributed by atoms with Gasteiger partial charge in [0.1, 0.15) is 5.75 Å². The van der Waals surface area contributed by atoms with Crippen molar-refractivity contribution in [3.63, 3.8) is 0 Å². The van der Waals surface area contributed by atoms with E-state index in [4.69, 9.17) is 14.6 Å². The molecule has 5 heteroatoms. The van der Waals surface area contributed by atoms with Gasteiger partial charge in [-0.25, -0.2) is 0 Å². The van der Waals surface area contributed by atoms with Gasteiger partial charge in [-0.2, -0.15) is 0 Å². The lowest BCUT2D eigenvalue weighted by molar-refractivity contribution is -0.146. The summed E-state index contributed by atoms with van der Waals surface area (Å²) in [5, 5.41) is 9.16. The maximum Gasteiger partial charge on any atom is 0.223 e. The zero-order chi connectivity index (χ0) is 15.2. The molecule has 1 N–H and O–H groups in total. The highest BCUT2D eigenvalue weighted by Crippen LogP contribution is 2.16. The van der Waals surface area contributed by atoms with E-state index >= 15 is 0 Å². The van der Waals surface area contributed by atoms with Crippen LogP contribution in [0.5, 0.6) is 5.75 Å². The molecule has 5 nitrogen and oxygen atoms in total. The summed E-state index contributed by atoms with van der Waals surface area (Å²) < 4.78 is 10.6. The van der Waals surface area contributed by atoms with Gasteiger partial charge in [-0.3, -0.25) is 4.79 Å². The summed E-state index contributed by atoms with van der Waals surface area (Å²) in [5.74, 6) is 0.928. The van der Waals surface area contributed by atoms with E-state index in [-0.39, 0.29) is 24.7 Å². The maximum absolute atomic E-state index is 12.3. The lowest BCUT2D eigenvalue weighted by atomic mass is 10.1. The Hall–Kier alpha value is -1.59. The normalized spacial score (nSPS) is 22.1. The van der Waals surface area contributed by atoms with Crippen LogP contribution in [-0.4, -0.2) is 54.9 Å². The first-order chi connectivity index (χ1) is 10.1. The molecule has 21 heavy (non-hydrogen) atoms. The second-order valence-corrected chi connectivity index (χ2v) is 5.38. The van der Waals surface area contributed by atoms with Crippen LogP contribution in [0.15, 0.2) is 24.3 Å². The van der Waals surface area contributed by atoms with Gasteiger partial charge in [-0.15, -0.1) is 0 Å². The van der Waals surface area contributed by atoms with Crippen molar-refractivity contribution in [1.29, 1.82) is 0 Å². The standard InChI is InChI=1S/C16H23NO4/c1-12-11-21-15(10-18)9-17(12)16(19)8-5-13-3-6-14(20-2)7-4-13/h3-4,6-7,12,15,18H,5,8-11H2,1-2H3. The summed E-state index contributed by atoms with van der Waals surface area (Å²) in [5.41, 5.74) is 1.11. The maximum atomic E-state index is 12.3. The predicted octanol–water partition coefficient (Wildman–Crippen LogP) is 1.24. The van der Waals surface area contributed by atoms with E-state index in [0.29, 0.717) is 26.0 Å². The summed E-state index contributed by atoms with van der Waals surface area (Å²) in [6.07, 6.45) is 0.914. The summed E-state index contributed by atoms with van der Waals surface area (Å²) >= 11 is 0. The van der Waals surface area contributed by atoms with Crippen molar-refractivity contribution in [3.8, 4) is 5.75 Å². The zero-order valence-electron chi connectivity index (χ0n) is 12.6. The number of nitrogens with zero attached hydrogens (tertiary/aromatic N) is 1. The number of amides is 1. The van der Waals surface area contributed by atoms with Gasteiger partial charge in [0.05, 0.1) is 32.5 Å². The van der Waals surface area contributed by atoms with Crippen LogP contribution in [0.25, 0.3) is 0 Å². The first kappa shape index (κ1) is 15.8. The van der Waals surface area contributed by atoms with Crippen LogP contribution in [0, 0.1) is 0 Å². The number of hydrogen-bond acceptors (Lipinski definition) is 4. The van der Waals surface area contributed by atoms with E-state index in [0.717, 1.165) is 11.3 Å². The van der Waals surface area contributed by atoms with E-state index < -0.39 is 0 Å². The van der Waals surface area contributed by atoms with Crippen molar-refractivity contribution in [2.45, 2.75) is 31.9 Å². The van der Waals surface area contributed by atoms with Crippen LogP contribution in [-0.2, 0) is 16.0 Å². The number of aliphatic hydroxyl groups is 1. The van der Waals surface area contributed by atoms with Gasteiger partial charge in [0, 0.05) is 13.0 Å². The van der Waals surface area contributed by atoms with Crippen molar-refractivity contribution in [3.05, 3.63) is 29.8 Å². The Labute approximate surface area is 125 Å². The van der Waals surface area contributed by atoms with Crippen LogP contribution in [0.1, 0.15) is 18.9 Å². The van der Waals surface area contributed by atoms with E-state index in [9.17, 15) is 4.79 Å². The molecule has 2 unspecified atom stereocenters. The molecule has 0 aromatic heterocycles. The van der Waals surface area contributed by atoms with Crippen molar-refractivity contribution in [2.75, 3.05) is 26.9 Å². The molecule has 1 aliphatic heterocycles. The van der Waals surface area contributed by atoms with Crippen LogP contribution in [0.2, 0.25) is 0 Å². The summed E-state index contributed by atoms with van der Waals surface area (Å²) in [4.78, 5) is 14.1. The number of aryl methyl sites for hydroxylation is 1. The third-order valence-electron chi connectivity index (χ3n) is 3.82. The van der Waals surface area contributed by atoms with Gasteiger partial charge in [0.2, 0.25) is 5.91 Å². The molecule has 2 atom stereocenters. The second-order valence-electron chi connectivity index (χ2n) is 5.38. The minimum absolute atomic E-state index is 0.0466. The molecule has 1 saturated heterocycles. The Morgan fingerprint density at radius 1 is 1.43 bits per heavy atom. The first-order valence-corrected chi connectivity index (χ1v) is 7.29. The highest BCUT2D eigenvalue weighted by molar-refractivity contribution is 5.77. The van der Waals surface area contributed by atoms with Crippen LogP contribution < -0.4 is 4.74 Å². The molecule has 0 spiro atoms. The molecule has 1 aliphatic rings. The molecule has 1 amide bonds. The van der Waals surface area contributed by atoms with E-state index in [1.807, 2.05) is 36.1 Å². The van der Waals surface area contributed by atoms with E-state index in [2.05, 4.69) is 0 Å². The fourth-order valence-corrected chi connectivity index (χ4v) is 2.46. The number of carbonyl (C=O) groups is 1.